The van der Waals surface area contributed by atoms with Crippen molar-refractivity contribution in [3.63, 3.8) is 0 Å². The number of hydrogen-bond acceptors (Lipinski definition) is 8. The first-order valence-electron chi connectivity index (χ1n) is 9.43. The van der Waals surface area contributed by atoms with Crippen LogP contribution in [0.3, 0.4) is 0 Å². The number of benzene rings is 1. The molecule has 0 aliphatic heterocycles. The molecule has 2 heterocycles. The fourth-order valence-corrected chi connectivity index (χ4v) is 3.59. The maximum Gasteiger partial charge on any atom is 0.338 e. The van der Waals surface area contributed by atoms with Crippen molar-refractivity contribution in [1.29, 1.82) is 0 Å². The third-order valence-corrected chi connectivity index (χ3v) is 5.30. The Labute approximate surface area is 182 Å². The van der Waals surface area contributed by atoms with E-state index in [0.717, 1.165) is 23.1 Å². The highest BCUT2D eigenvalue weighted by Crippen LogP contribution is 2.18. The van der Waals surface area contributed by atoms with Crippen molar-refractivity contribution in [2.45, 2.75) is 18.5 Å². The molecule has 3 aromatic rings. The Balaban J connectivity index is 1.62. The van der Waals surface area contributed by atoms with Crippen LogP contribution >= 0.6 is 11.8 Å². The Bertz CT molecular complexity index is 1160. The van der Waals surface area contributed by atoms with Gasteiger partial charge in [0.05, 0.1) is 30.9 Å². The number of thioether (sulfide) groups is 1. The van der Waals surface area contributed by atoms with E-state index in [1.54, 1.807) is 14.0 Å². The zero-order chi connectivity index (χ0) is 22.4. The standard InChI is InChI=1S/C21H22N4O5S/c1-12-10-15(20(28)30-3)17-18(23-12)24-21(25-19(17)27)31-11-16(26)22-9-8-13-4-6-14(29-2)7-5-13/h4-7,10H,8-9,11H2,1-3H3,(H,22,26)(H,23,24,25,27). The van der Waals surface area contributed by atoms with Gasteiger partial charge in [0.25, 0.3) is 5.56 Å². The van der Waals surface area contributed by atoms with Crippen LogP contribution in [0.4, 0.5) is 0 Å². The van der Waals surface area contributed by atoms with Gasteiger partial charge in [-0.05, 0) is 37.1 Å². The number of rotatable bonds is 8. The Morgan fingerprint density at radius 2 is 1.90 bits per heavy atom. The number of pyridine rings is 1. The smallest absolute Gasteiger partial charge is 0.338 e. The van der Waals surface area contributed by atoms with Crippen molar-refractivity contribution in [3.8, 4) is 5.75 Å². The highest BCUT2D eigenvalue weighted by Gasteiger charge is 2.17. The van der Waals surface area contributed by atoms with Gasteiger partial charge in [0.1, 0.15) is 5.75 Å². The molecule has 0 spiro atoms. The number of nitrogens with one attached hydrogen (secondary N) is 2. The second-order valence-corrected chi connectivity index (χ2v) is 7.57. The van der Waals surface area contributed by atoms with Crippen molar-refractivity contribution in [2.24, 2.45) is 0 Å². The van der Waals surface area contributed by atoms with Gasteiger partial charge in [0.2, 0.25) is 5.91 Å². The third-order valence-electron chi connectivity index (χ3n) is 4.42. The van der Waals surface area contributed by atoms with Gasteiger partial charge in [0, 0.05) is 12.2 Å². The second kappa shape index (κ2) is 10.1. The largest absolute Gasteiger partial charge is 0.497 e. The molecular formula is C21H22N4O5S. The SMILES string of the molecule is COC(=O)c1cc(C)nc2nc(SCC(=O)NCCc3ccc(OC)cc3)[nH]c(=O)c12. The van der Waals surface area contributed by atoms with Crippen LogP contribution in [0.1, 0.15) is 21.6 Å². The van der Waals surface area contributed by atoms with E-state index in [-0.39, 0.29) is 33.4 Å². The van der Waals surface area contributed by atoms with Gasteiger partial charge in [-0.15, -0.1) is 0 Å². The van der Waals surface area contributed by atoms with E-state index in [4.69, 9.17) is 9.47 Å². The Hall–Kier alpha value is -3.40. The van der Waals surface area contributed by atoms with Crippen molar-refractivity contribution < 1.29 is 19.1 Å². The summed E-state index contributed by atoms with van der Waals surface area (Å²) in [6.07, 6.45) is 0.685. The highest BCUT2D eigenvalue weighted by molar-refractivity contribution is 7.99. The summed E-state index contributed by atoms with van der Waals surface area (Å²) in [6.45, 7) is 2.18. The van der Waals surface area contributed by atoms with E-state index in [0.29, 0.717) is 18.7 Å². The summed E-state index contributed by atoms with van der Waals surface area (Å²) < 4.78 is 9.85. The highest BCUT2D eigenvalue weighted by atomic mass is 32.2. The lowest BCUT2D eigenvalue weighted by Gasteiger charge is -2.08. The quantitative estimate of drug-likeness (QED) is 0.308. The van der Waals surface area contributed by atoms with Crippen LogP contribution in [0.2, 0.25) is 0 Å². The minimum absolute atomic E-state index is 0.0609. The number of esters is 1. The molecule has 0 saturated carbocycles. The topological polar surface area (TPSA) is 123 Å². The van der Waals surface area contributed by atoms with E-state index in [9.17, 15) is 14.4 Å². The van der Waals surface area contributed by atoms with Gasteiger partial charge in [-0.2, -0.15) is 0 Å². The number of ether oxygens (including phenoxy) is 2. The molecule has 0 fully saturated rings. The summed E-state index contributed by atoms with van der Waals surface area (Å²) in [6, 6.07) is 9.11. The summed E-state index contributed by atoms with van der Waals surface area (Å²) in [5, 5.41) is 3.14. The van der Waals surface area contributed by atoms with Crippen molar-refractivity contribution in [3.05, 3.63) is 57.5 Å². The number of fused-ring (bicyclic) bond motifs is 1. The molecule has 2 N–H and O–H groups in total. The van der Waals surface area contributed by atoms with Crippen LogP contribution in [-0.2, 0) is 16.0 Å². The molecule has 0 saturated heterocycles. The normalized spacial score (nSPS) is 10.7. The number of carbonyl (C=O) groups is 2. The minimum Gasteiger partial charge on any atom is -0.497 e. The molecule has 0 aliphatic rings. The Kier molecular flexibility index (Phi) is 7.24. The molecule has 2 aromatic heterocycles. The molecular weight excluding hydrogens is 420 g/mol. The number of aryl methyl sites for hydroxylation is 1. The van der Waals surface area contributed by atoms with Gasteiger partial charge in [0.15, 0.2) is 10.8 Å². The van der Waals surface area contributed by atoms with E-state index < -0.39 is 11.5 Å². The summed E-state index contributed by atoms with van der Waals surface area (Å²) in [7, 11) is 2.85. The zero-order valence-electron chi connectivity index (χ0n) is 17.4. The van der Waals surface area contributed by atoms with E-state index in [2.05, 4.69) is 20.3 Å². The molecule has 0 atom stereocenters. The van der Waals surface area contributed by atoms with Gasteiger partial charge in [-0.3, -0.25) is 9.59 Å². The van der Waals surface area contributed by atoms with Gasteiger partial charge in [-0.25, -0.2) is 14.8 Å². The number of amides is 1. The van der Waals surface area contributed by atoms with Gasteiger partial charge >= 0.3 is 5.97 Å². The fraction of sp³-hybridized carbons (Fsp3) is 0.286. The van der Waals surface area contributed by atoms with Crippen molar-refractivity contribution >= 4 is 34.7 Å². The molecule has 162 valence electrons. The van der Waals surface area contributed by atoms with Gasteiger partial charge in [-0.1, -0.05) is 23.9 Å². The second-order valence-electron chi connectivity index (χ2n) is 6.61. The number of hydrogen-bond donors (Lipinski definition) is 2. The zero-order valence-corrected chi connectivity index (χ0v) is 18.2. The minimum atomic E-state index is -0.639. The van der Waals surface area contributed by atoms with Crippen LogP contribution in [0.5, 0.6) is 5.75 Å². The fourth-order valence-electron chi connectivity index (χ4n) is 2.91. The van der Waals surface area contributed by atoms with E-state index in [1.807, 2.05) is 24.3 Å². The summed E-state index contributed by atoms with van der Waals surface area (Å²) in [4.78, 5) is 47.7. The number of nitrogens with zero attached hydrogens (tertiary/aromatic N) is 2. The van der Waals surface area contributed by atoms with Gasteiger partial charge < -0.3 is 19.8 Å². The number of H-pyrrole nitrogens is 1. The van der Waals surface area contributed by atoms with E-state index in [1.165, 1.54) is 13.2 Å². The van der Waals surface area contributed by atoms with Crippen molar-refractivity contribution in [2.75, 3.05) is 26.5 Å². The number of methoxy groups -OCH3 is 2. The molecule has 10 heteroatoms. The molecule has 31 heavy (non-hydrogen) atoms. The van der Waals surface area contributed by atoms with Crippen LogP contribution in [0, 0.1) is 6.92 Å². The third kappa shape index (κ3) is 5.60. The summed E-state index contributed by atoms with van der Waals surface area (Å²) >= 11 is 1.08. The molecule has 9 nitrogen and oxygen atoms in total. The van der Waals surface area contributed by atoms with Crippen LogP contribution in [0.25, 0.3) is 11.0 Å². The Morgan fingerprint density at radius 1 is 1.16 bits per heavy atom. The van der Waals surface area contributed by atoms with Crippen molar-refractivity contribution in [1.82, 2.24) is 20.3 Å². The van der Waals surface area contributed by atoms with Crippen LogP contribution in [-0.4, -0.2) is 53.3 Å². The molecule has 0 unspecified atom stereocenters. The number of aromatic amines is 1. The predicted octanol–water partition coefficient (Wildman–Crippen LogP) is 1.87. The lowest BCUT2D eigenvalue weighted by atomic mass is 10.1. The first-order valence-corrected chi connectivity index (χ1v) is 10.4. The first-order chi connectivity index (χ1) is 14.9. The Morgan fingerprint density at radius 3 is 2.58 bits per heavy atom. The average Bonchev–Trinajstić information content (AvgIpc) is 2.76. The average molecular weight is 442 g/mol. The lowest BCUT2D eigenvalue weighted by Crippen LogP contribution is -2.27. The maximum absolute atomic E-state index is 12.5. The summed E-state index contributed by atoms with van der Waals surface area (Å²) in [5.74, 6) is 0.0322. The first kappa shape index (κ1) is 22.3. The van der Waals surface area contributed by atoms with Crippen LogP contribution in [0.15, 0.2) is 40.3 Å². The molecule has 0 bridgehead atoms. The predicted molar refractivity (Wildman–Crippen MR) is 117 cm³/mol. The lowest BCUT2D eigenvalue weighted by molar-refractivity contribution is -0.118. The molecule has 0 aliphatic carbocycles. The molecule has 3 rings (SSSR count). The molecule has 1 aromatic carbocycles. The molecule has 0 radical (unpaired) electrons. The number of aromatic nitrogens is 3. The monoisotopic (exact) mass is 442 g/mol. The molecule has 1 amide bonds. The summed E-state index contributed by atoms with van der Waals surface area (Å²) in [5.41, 5.74) is 1.33. The number of carbonyl (C=O) groups excluding carboxylic acids is 2. The van der Waals surface area contributed by atoms with Crippen LogP contribution < -0.4 is 15.6 Å². The maximum atomic E-state index is 12.5. The van der Waals surface area contributed by atoms with E-state index >= 15 is 0 Å².